The minimum absolute atomic E-state index is 0.0416. The molecule has 0 atom stereocenters. The van der Waals surface area contributed by atoms with Crippen LogP contribution in [0.4, 0.5) is 11.5 Å². The van der Waals surface area contributed by atoms with Gasteiger partial charge in [-0.3, -0.25) is 10.1 Å². The Morgan fingerprint density at radius 2 is 2.33 bits per heavy atom. The van der Waals surface area contributed by atoms with Crippen molar-refractivity contribution in [1.29, 1.82) is 0 Å². The van der Waals surface area contributed by atoms with Crippen molar-refractivity contribution >= 4 is 23.1 Å². The van der Waals surface area contributed by atoms with Gasteiger partial charge in [0.25, 0.3) is 0 Å². The third-order valence-electron chi connectivity index (χ3n) is 2.19. The van der Waals surface area contributed by atoms with Crippen molar-refractivity contribution in [3.05, 3.63) is 39.3 Å². The van der Waals surface area contributed by atoms with E-state index in [0.29, 0.717) is 5.82 Å². The van der Waals surface area contributed by atoms with E-state index in [9.17, 15) is 10.1 Å². The molecule has 0 spiro atoms. The second-order valence-corrected chi connectivity index (χ2v) is 3.76. The fraction of sp³-hybridized carbons (Fsp3) is 0.222. The third-order valence-corrected chi connectivity index (χ3v) is 2.36. The van der Waals surface area contributed by atoms with Gasteiger partial charge in [-0.25, -0.2) is 9.97 Å². The number of nitro groups is 1. The van der Waals surface area contributed by atoms with Crippen LogP contribution in [-0.2, 0) is 6.54 Å². The summed E-state index contributed by atoms with van der Waals surface area (Å²) in [5, 5.41) is 13.7. The monoisotopic (exact) mass is 268 g/mol. The van der Waals surface area contributed by atoms with Gasteiger partial charge in [-0.15, -0.1) is 0 Å². The molecule has 2 heterocycles. The van der Waals surface area contributed by atoms with E-state index in [1.54, 1.807) is 12.4 Å². The van der Waals surface area contributed by atoms with Crippen LogP contribution in [0.15, 0.2) is 12.4 Å². The fourth-order valence-corrected chi connectivity index (χ4v) is 1.65. The van der Waals surface area contributed by atoms with Crippen molar-refractivity contribution in [1.82, 2.24) is 19.9 Å². The molecule has 0 aliphatic heterocycles. The molecule has 0 saturated carbocycles. The van der Waals surface area contributed by atoms with Gasteiger partial charge in [-0.1, -0.05) is 0 Å². The molecule has 0 saturated heterocycles. The molecule has 0 amide bonds. The van der Waals surface area contributed by atoms with Gasteiger partial charge in [-0.05, 0) is 18.5 Å². The zero-order valence-corrected chi connectivity index (χ0v) is 10.1. The summed E-state index contributed by atoms with van der Waals surface area (Å²) in [6.07, 6.45) is 3.24. The summed E-state index contributed by atoms with van der Waals surface area (Å²) < 4.78 is 0. The molecule has 0 aliphatic carbocycles. The Kier molecular flexibility index (Phi) is 3.38. The lowest BCUT2D eigenvalue weighted by molar-refractivity contribution is -0.385. The number of aromatic amines is 1. The lowest BCUT2D eigenvalue weighted by atomic mass is 10.3. The fourth-order valence-electron chi connectivity index (χ4n) is 1.44. The average molecular weight is 269 g/mol. The first-order chi connectivity index (χ1) is 8.58. The topological polar surface area (TPSA) is 110 Å². The number of nitrogens with one attached hydrogen (secondary N) is 2. The summed E-state index contributed by atoms with van der Waals surface area (Å²) in [6.45, 7) is 1.78. The molecule has 0 aromatic carbocycles. The lowest BCUT2D eigenvalue weighted by Crippen LogP contribution is -2.08. The zero-order valence-electron chi connectivity index (χ0n) is 9.35. The second kappa shape index (κ2) is 4.96. The van der Waals surface area contributed by atoms with Gasteiger partial charge in [0.05, 0.1) is 11.5 Å². The Morgan fingerprint density at radius 1 is 1.56 bits per heavy atom. The summed E-state index contributed by atoms with van der Waals surface area (Å²) in [5.74, 6) is 0.714. The first-order valence-electron chi connectivity index (χ1n) is 4.98. The van der Waals surface area contributed by atoms with Crippen molar-refractivity contribution in [2.24, 2.45) is 0 Å². The summed E-state index contributed by atoms with van der Waals surface area (Å²) in [6, 6.07) is 0. The maximum absolute atomic E-state index is 10.9. The quantitative estimate of drug-likeness (QED) is 0.496. The van der Waals surface area contributed by atoms with Crippen molar-refractivity contribution in [2.75, 3.05) is 5.32 Å². The van der Waals surface area contributed by atoms with Gasteiger partial charge in [0, 0.05) is 12.4 Å². The van der Waals surface area contributed by atoms with Gasteiger partial charge in [0.2, 0.25) is 11.1 Å². The van der Waals surface area contributed by atoms with Gasteiger partial charge in [-0.2, -0.15) is 4.98 Å². The van der Waals surface area contributed by atoms with Crippen LogP contribution in [0.25, 0.3) is 0 Å². The number of H-pyrrole nitrogens is 1. The largest absolute Gasteiger partial charge is 0.357 e. The molecule has 2 N–H and O–H groups in total. The standard InChI is InChI=1S/C9H9ClN6O2/c1-5-7(16(17)18)8(15-9(10)14-5)13-4-6-11-2-3-12-6/h2-3H,4H2,1H3,(H,11,12)(H,13,14,15). The van der Waals surface area contributed by atoms with E-state index in [1.165, 1.54) is 6.92 Å². The molecule has 18 heavy (non-hydrogen) atoms. The average Bonchev–Trinajstić information content (AvgIpc) is 2.77. The van der Waals surface area contributed by atoms with Crippen LogP contribution in [0.2, 0.25) is 5.28 Å². The van der Waals surface area contributed by atoms with Gasteiger partial charge >= 0.3 is 5.69 Å². The third kappa shape index (κ3) is 2.54. The van der Waals surface area contributed by atoms with E-state index in [-0.39, 0.29) is 29.0 Å². The molecular formula is C9H9ClN6O2. The molecule has 0 aliphatic rings. The highest BCUT2D eigenvalue weighted by Gasteiger charge is 2.21. The number of halogens is 1. The SMILES string of the molecule is Cc1nc(Cl)nc(NCc2ncc[nH]2)c1[N+](=O)[O-]. The number of hydrogen-bond donors (Lipinski definition) is 2. The van der Waals surface area contributed by atoms with Crippen LogP contribution < -0.4 is 5.32 Å². The van der Waals surface area contributed by atoms with E-state index >= 15 is 0 Å². The Labute approximate surface area is 107 Å². The maximum atomic E-state index is 10.9. The number of aryl methyl sites for hydroxylation is 1. The molecule has 9 heteroatoms. The van der Waals surface area contributed by atoms with Crippen LogP contribution in [0.5, 0.6) is 0 Å². The minimum atomic E-state index is -0.546. The molecule has 0 radical (unpaired) electrons. The summed E-state index contributed by atoms with van der Waals surface area (Å²) in [4.78, 5) is 24.8. The van der Waals surface area contributed by atoms with Crippen LogP contribution in [0.3, 0.4) is 0 Å². The van der Waals surface area contributed by atoms with Crippen LogP contribution >= 0.6 is 11.6 Å². The highest BCUT2D eigenvalue weighted by Crippen LogP contribution is 2.26. The van der Waals surface area contributed by atoms with Crippen molar-refractivity contribution in [3.8, 4) is 0 Å². The number of aromatic nitrogens is 4. The Hall–Kier alpha value is -2.22. The Bertz CT molecular complexity index is 571. The molecule has 94 valence electrons. The van der Waals surface area contributed by atoms with E-state index in [2.05, 4.69) is 25.3 Å². The number of rotatable bonds is 4. The lowest BCUT2D eigenvalue weighted by Gasteiger charge is -2.06. The van der Waals surface area contributed by atoms with E-state index in [0.717, 1.165) is 0 Å². The van der Waals surface area contributed by atoms with Gasteiger partial charge in [0.1, 0.15) is 11.5 Å². The maximum Gasteiger partial charge on any atom is 0.332 e. The molecule has 0 fully saturated rings. The first-order valence-corrected chi connectivity index (χ1v) is 5.36. The van der Waals surface area contributed by atoms with Crippen LogP contribution in [-0.4, -0.2) is 24.9 Å². The van der Waals surface area contributed by atoms with Gasteiger partial charge in [0.15, 0.2) is 0 Å². The zero-order chi connectivity index (χ0) is 13.1. The van der Waals surface area contributed by atoms with Crippen LogP contribution in [0, 0.1) is 17.0 Å². The predicted molar refractivity (Wildman–Crippen MR) is 64.3 cm³/mol. The highest BCUT2D eigenvalue weighted by molar-refractivity contribution is 6.28. The number of nitrogens with zero attached hydrogens (tertiary/aromatic N) is 4. The molecular weight excluding hydrogens is 260 g/mol. The molecule has 8 nitrogen and oxygen atoms in total. The summed E-state index contributed by atoms with van der Waals surface area (Å²) >= 11 is 5.68. The predicted octanol–water partition coefficient (Wildman–Crippen LogP) is 1.68. The normalized spacial score (nSPS) is 10.3. The Morgan fingerprint density at radius 3 is 2.94 bits per heavy atom. The van der Waals surface area contributed by atoms with Crippen molar-refractivity contribution < 1.29 is 4.92 Å². The molecule has 0 bridgehead atoms. The van der Waals surface area contributed by atoms with Crippen molar-refractivity contribution in [3.63, 3.8) is 0 Å². The van der Waals surface area contributed by atoms with E-state index in [1.807, 2.05) is 0 Å². The smallest absolute Gasteiger partial charge is 0.332 e. The van der Waals surface area contributed by atoms with E-state index < -0.39 is 4.92 Å². The highest BCUT2D eigenvalue weighted by atomic mass is 35.5. The molecule has 2 rings (SSSR count). The minimum Gasteiger partial charge on any atom is -0.357 e. The number of hydrogen-bond acceptors (Lipinski definition) is 6. The molecule has 2 aromatic heterocycles. The number of anilines is 1. The van der Waals surface area contributed by atoms with Crippen LogP contribution in [0.1, 0.15) is 11.5 Å². The first kappa shape index (κ1) is 12.2. The number of imidazole rings is 1. The summed E-state index contributed by atoms with van der Waals surface area (Å²) in [5.41, 5.74) is 0.0212. The van der Waals surface area contributed by atoms with E-state index in [4.69, 9.17) is 11.6 Å². The second-order valence-electron chi connectivity index (χ2n) is 3.42. The van der Waals surface area contributed by atoms with Crippen molar-refractivity contribution in [2.45, 2.75) is 13.5 Å². The Balaban J connectivity index is 2.28. The van der Waals surface area contributed by atoms with Gasteiger partial charge < -0.3 is 10.3 Å². The molecule has 0 unspecified atom stereocenters. The summed E-state index contributed by atoms with van der Waals surface area (Å²) in [7, 11) is 0. The molecule has 2 aromatic rings.